The number of fused-ring (bicyclic) bond motifs is 2. The van der Waals surface area contributed by atoms with Gasteiger partial charge in [-0.1, -0.05) is 12.5 Å². The molecule has 2 fully saturated rings. The summed E-state index contributed by atoms with van der Waals surface area (Å²) in [5, 5.41) is 23.7. The highest BCUT2D eigenvalue weighted by Gasteiger charge is 2.25. The summed E-state index contributed by atoms with van der Waals surface area (Å²) in [5.74, 6) is 0.315. The van der Waals surface area contributed by atoms with E-state index in [0.717, 1.165) is 83.8 Å². The maximum Gasteiger partial charge on any atom is 0.127 e. The number of aliphatic hydroxyl groups excluding tert-OH is 1. The zero-order valence-corrected chi connectivity index (χ0v) is 21.5. The van der Waals surface area contributed by atoms with E-state index in [0.29, 0.717) is 5.92 Å². The zero-order valence-electron chi connectivity index (χ0n) is 21.5. The van der Waals surface area contributed by atoms with E-state index in [4.69, 9.17) is 0 Å². The lowest BCUT2D eigenvalue weighted by Crippen LogP contribution is -2.44. The Kier molecular flexibility index (Phi) is 5.74. The number of nitrogens with one attached hydrogen (secondary N) is 3. The average molecular weight is 509 g/mol. The molecular formula is C29H32N8O. The first-order valence-electron chi connectivity index (χ1n) is 13.4. The lowest BCUT2D eigenvalue weighted by molar-refractivity contribution is 0.0851. The number of rotatable bonds is 6. The first-order chi connectivity index (χ1) is 18.6. The summed E-state index contributed by atoms with van der Waals surface area (Å²) in [6.45, 7) is 4.18. The van der Waals surface area contributed by atoms with E-state index in [1.54, 1.807) is 12.4 Å². The Morgan fingerprint density at radius 1 is 1.00 bits per heavy atom. The number of aromatic nitrogens is 5. The number of likely N-dealkylation sites (N-methyl/N-ethyl adjacent to an activating group) is 1. The van der Waals surface area contributed by atoms with E-state index in [1.165, 1.54) is 17.5 Å². The molecule has 7 rings (SSSR count). The molecule has 1 aromatic carbocycles. The fourth-order valence-corrected chi connectivity index (χ4v) is 5.57. The molecule has 194 valence electrons. The second-order valence-electron chi connectivity index (χ2n) is 10.6. The third-order valence-electron chi connectivity index (χ3n) is 8.13. The number of hydrogen-bond donors (Lipinski definition) is 4. The quantitative estimate of drug-likeness (QED) is 0.251. The van der Waals surface area contributed by atoms with Gasteiger partial charge < -0.3 is 25.2 Å². The second-order valence-corrected chi connectivity index (χ2v) is 10.6. The number of piperazine rings is 1. The van der Waals surface area contributed by atoms with Crippen molar-refractivity contribution >= 4 is 33.2 Å². The Hall–Kier alpha value is -3.95. The molecular weight excluding hydrogens is 476 g/mol. The van der Waals surface area contributed by atoms with Gasteiger partial charge in [-0.2, -0.15) is 5.10 Å². The van der Waals surface area contributed by atoms with Gasteiger partial charge in [0.1, 0.15) is 11.9 Å². The fourth-order valence-electron chi connectivity index (χ4n) is 5.57. The highest BCUT2D eigenvalue weighted by atomic mass is 16.3. The molecule has 5 heterocycles. The van der Waals surface area contributed by atoms with Gasteiger partial charge in [-0.3, -0.25) is 15.1 Å². The Balaban J connectivity index is 1.22. The Morgan fingerprint density at radius 2 is 1.87 bits per heavy atom. The molecule has 0 radical (unpaired) electrons. The monoisotopic (exact) mass is 508 g/mol. The van der Waals surface area contributed by atoms with Crippen LogP contribution in [0.2, 0.25) is 0 Å². The molecule has 1 saturated heterocycles. The highest BCUT2D eigenvalue weighted by Crippen LogP contribution is 2.35. The molecule has 0 spiro atoms. The SMILES string of the molecule is CN1CCN(c2cccc3[nH]c(-c4n[nH]c5cnc(-c6cncc(NC(O)C7CCC7)c6)cc45)cc23)CC1. The number of pyridine rings is 2. The molecule has 1 saturated carbocycles. The van der Waals surface area contributed by atoms with Gasteiger partial charge in [0.05, 0.1) is 35.0 Å². The van der Waals surface area contributed by atoms with Crippen molar-refractivity contribution in [1.82, 2.24) is 30.0 Å². The summed E-state index contributed by atoms with van der Waals surface area (Å²) in [7, 11) is 2.18. The molecule has 1 aliphatic carbocycles. The first-order valence-corrected chi connectivity index (χ1v) is 13.4. The summed E-state index contributed by atoms with van der Waals surface area (Å²) in [4.78, 5) is 17.5. The summed E-state index contributed by atoms with van der Waals surface area (Å²) in [5.41, 5.74) is 7.58. The van der Waals surface area contributed by atoms with E-state index in [2.05, 4.69) is 77.6 Å². The van der Waals surface area contributed by atoms with Gasteiger partial charge in [0, 0.05) is 65.8 Å². The van der Waals surface area contributed by atoms with Crippen LogP contribution in [0.3, 0.4) is 0 Å². The van der Waals surface area contributed by atoms with E-state index >= 15 is 0 Å². The third kappa shape index (κ3) is 4.17. The van der Waals surface area contributed by atoms with Crippen molar-refractivity contribution in [3.8, 4) is 22.6 Å². The molecule has 38 heavy (non-hydrogen) atoms. The van der Waals surface area contributed by atoms with Crippen LogP contribution < -0.4 is 10.2 Å². The maximum atomic E-state index is 10.5. The largest absolute Gasteiger partial charge is 0.374 e. The van der Waals surface area contributed by atoms with Crippen LogP contribution in [0.1, 0.15) is 19.3 Å². The molecule has 4 N–H and O–H groups in total. The Bertz CT molecular complexity index is 1600. The predicted molar refractivity (Wildman–Crippen MR) is 151 cm³/mol. The van der Waals surface area contributed by atoms with Gasteiger partial charge >= 0.3 is 0 Å². The van der Waals surface area contributed by atoms with Gasteiger partial charge in [-0.25, -0.2) is 0 Å². The molecule has 9 nitrogen and oxygen atoms in total. The predicted octanol–water partition coefficient (Wildman–Crippen LogP) is 4.45. The number of anilines is 2. The van der Waals surface area contributed by atoms with Gasteiger partial charge in [0.25, 0.3) is 0 Å². The molecule has 4 aromatic heterocycles. The van der Waals surface area contributed by atoms with Crippen molar-refractivity contribution in [2.45, 2.75) is 25.5 Å². The number of aliphatic hydroxyl groups is 1. The lowest BCUT2D eigenvalue weighted by atomic mass is 9.84. The van der Waals surface area contributed by atoms with Gasteiger partial charge in [0.2, 0.25) is 0 Å². The first kappa shape index (κ1) is 23.2. The lowest BCUT2D eigenvalue weighted by Gasteiger charge is -2.34. The number of nitrogens with zero attached hydrogens (tertiary/aromatic N) is 5. The molecule has 1 aliphatic heterocycles. The average Bonchev–Trinajstić information content (AvgIpc) is 3.52. The van der Waals surface area contributed by atoms with Gasteiger partial charge in [-0.05, 0) is 50.2 Å². The minimum Gasteiger partial charge on any atom is -0.374 e. The normalized spacial score (nSPS) is 17.7. The number of hydrogen-bond acceptors (Lipinski definition) is 7. The zero-order chi connectivity index (χ0) is 25.6. The van der Waals surface area contributed by atoms with Gasteiger partial charge in [-0.15, -0.1) is 0 Å². The molecule has 9 heteroatoms. The van der Waals surface area contributed by atoms with E-state index < -0.39 is 6.23 Å². The van der Waals surface area contributed by atoms with Crippen molar-refractivity contribution < 1.29 is 5.11 Å². The Morgan fingerprint density at radius 3 is 2.68 bits per heavy atom. The second kappa shape index (κ2) is 9.41. The highest BCUT2D eigenvalue weighted by molar-refractivity contribution is 6.00. The van der Waals surface area contributed by atoms with Crippen LogP contribution >= 0.6 is 0 Å². The summed E-state index contributed by atoms with van der Waals surface area (Å²) < 4.78 is 0. The summed E-state index contributed by atoms with van der Waals surface area (Å²) in [6.07, 6.45) is 8.14. The number of H-pyrrole nitrogens is 2. The van der Waals surface area contributed by atoms with E-state index in [9.17, 15) is 5.11 Å². The van der Waals surface area contributed by atoms with Crippen LogP contribution in [-0.2, 0) is 0 Å². The Labute approximate surface area is 220 Å². The summed E-state index contributed by atoms with van der Waals surface area (Å²) >= 11 is 0. The van der Waals surface area contributed by atoms with Crippen molar-refractivity contribution in [2.75, 3.05) is 43.4 Å². The van der Waals surface area contributed by atoms with Crippen LogP contribution in [0.15, 0.2) is 55.0 Å². The number of benzene rings is 1. The van der Waals surface area contributed by atoms with Crippen LogP contribution in [0.25, 0.3) is 44.5 Å². The molecule has 0 bridgehead atoms. The van der Waals surface area contributed by atoms with Crippen molar-refractivity contribution in [3.63, 3.8) is 0 Å². The van der Waals surface area contributed by atoms with Crippen LogP contribution in [0.4, 0.5) is 11.4 Å². The molecule has 0 amide bonds. The minimum atomic E-state index is -0.547. The van der Waals surface area contributed by atoms with Gasteiger partial charge in [0.15, 0.2) is 0 Å². The summed E-state index contributed by atoms with van der Waals surface area (Å²) in [6, 6.07) is 12.7. The fraction of sp³-hybridized carbons (Fsp3) is 0.345. The van der Waals surface area contributed by atoms with Crippen LogP contribution in [0.5, 0.6) is 0 Å². The third-order valence-corrected chi connectivity index (χ3v) is 8.13. The molecule has 1 unspecified atom stereocenters. The molecule has 5 aromatic rings. The maximum absolute atomic E-state index is 10.5. The molecule has 2 aliphatic rings. The number of aromatic amines is 2. The molecule has 1 atom stereocenters. The standard InChI is InChI=1S/C29H32N8O/c1-36-8-10-37(11-9-36)27-7-3-6-23-21(27)13-25(33-23)28-22-14-24(31-17-26(22)34-35-28)19-12-20(16-30-15-19)32-29(38)18-4-2-5-18/h3,6-7,12-18,29,32-33,38H,2,4-5,8-11H2,1H3,(H,34,35). The minimum absolute atomic E-state index is 0.315. The topological polar surface area (TPSA) is 109 Å². The van der Waals surface area contributed by atoms with Crippen molar-refractivity contribution in [3.05, 3.63) is 55.0 Å². The van der Waals surface area contributed by atoms with Crippen molar-refractivity contribution in [2.24, 2.45) is 5.92 Å². The van der Waals surface area contributed by atoms with Crippen LogP contribution in [0, 0.1) is 5.92 Å². The van der Waals surface area contributed by atoms with E-state index in [1.807, 2.05) is 12.3 Å². The van der Waals surface area contributed by atoms with Crippen LogP contribution in [-0.4, -0.2) is 74.6 Å². The van der Waals surface area contributed by atoms with Crippen molar-refractivity contribution in [1.29, 1.82) is 0 Å². The van der Waals surface area contributed by atoms with E-state index in [-0.39, 0.29) is 0 Å². The smallest absolute Gasteiger partial charge is 0.127 e.